The topological polar surface area (TPSA) is 70.7 Å². The second-order valence-electron chi connectivity index (χ2n) is 5.67. The first kappa shape index (κ1) is 14.4. The van der Waals surface area contributed by atoms with Crippen molar-refractivity contribution >= 4 is 18.1 Å². The number of pyridine rings is 2. The highest BCUT2D eigenvalue weighted by molar-refractivity contribution is 5.97. The lowest BCUT2D eigenvalue weighted by molar-refractivity contribution is 0.0946. The van der Waals surface area contributed by atoms with Crippen LogP contribution in [0.15, 0.2) is 48.9 Å². The molecule has 0 spiro atoms. The first-order valence-corrected chi connectivity index (χ1v) is 7.84. The van der Waals surface area contributed by atoms with Crippen molar-refractivity contribution in [2.45, 2.75) is 6.42 Å². The minimum atomic E-state index is -0.00972. The lowest BCUT2D eigenvalue weighted by Crippen LogP contribution is -2.31. The van der Waals surface area contributed by atoms with E-state index in [0.29, 0.717) is 6.54 Å². The van der Waals surface area contributed by atoms with Crippen LogP contribution >= 0.6 is 0 Å². The van der Waals surface area contributed by atoms with E-state index in [4.69, 9.17) is 0 Å². The maximum atomic E-state index is 11.9. The molecule has 118 valence electrons. The van der Waals surface area contributed by atoms with E-state index in [9.17, 15) is 4.79 Å². The zero-order valence-electron chi connectivity index (χ0n) is 13.0. The number of carbonyl (C=O) groups is 1. The number of nitrogens with zero attached hydrogens (tertiary/aromatic N) is 2. The number of amides is 1. The summed E-state index contributed by atoms with van der Waals surface area (Å²) in [6.07, 6.45) is 10.1. The van der Waals surface area contributed by atoms with Gasteiger partial charge in [-0.05, 0) is 35.9 Å². The van der Waals surface area contributed by atoms with Crippen molar-refractivity contribution in [1.82, 2.24) is 20.3 Å². The standard InChI is InChI=1S/C19H16N4O/c24-19-16-11-18(23-17(16)6-9-22-19)14-5-8-21-15(10-14)4-3-13-2-1-7-20-12-13/h1-5,7-8,10-12,23H,6,9H2,(H,22,24)/b4-3-. The summed E-state index contributed by atoms with van der Waals surface area (Å²) in [5.74, 6) is -0.00972. The van der Waals surface area contributed by atoms with Gasteiger partial charge in [-0.25, -0.2) is 0 Å². The van der Waals surface area contributed by atoms with Crippen molar-refractivity contribution in [1.29, 1.82) is 0 Å². The first-order valence-electron chi connectivity index (χ1n) is 7.84. The second kappa shape index (κ2) is 6.12. The molecule has 5 nitrogen and oxygen atoms in total. The summed E-state index contributed by atoms with van der Waals surface area (Å²) in [5.41, 5.74) is 5.57. The molecule has 1 amide bonds. The summed E-state index contributed by atoms with van der Waals surface area (Å²) in [7, 11) is 0. The van der Waals surface area contributed by atoms with Crippen LogP contribution in [0.2, 0.25) is 0 Å². The van der Waals surface area contributed by atoms with Gasteiger partial charge in [-0.15, -0.1) is 0 Å². The summed E-state index contributed by atoms with van der Waals surface area (Å²) in [5, 5.41) is 2.86. The van der Waals surface area contributed by atoms with Gasteiger partial charge in [0.05, 0.1) is 11.3 Å². The summed E-state index contributed by atoms with van der Waals surface area (Å²) < 4.78 is 0. The Morgan fingerprint density at radius 1 is 1.12 bits per heavy atom. The molecule has 3 aromatic heterocycles. The van der Waals surface area contributed by atoms with Crippen LogP contribution in [0, 0.1) is 0 Å². The van der Waals surface area contributed by atoms with E-state index >= 15 is 0 Å². The van der Waals surface area contributed by atoms with Crippen LogP contribution in [0.1, 0.15) is 27.3 Å². The number of H-pyrrole nitrogens is 1. The van der Waals surface area contributed by atoms with E-state index in [-0.39, 0.29) is 5.91 Å². The fourth-order valence-corrected chi connectivity index (χ4v) is 2.81. The first-order chi connectivity index (χ1) is 11.8. The molecule has 1 aliphatic rings. The van der Waals surface area contributed by atoms with Crippen LogP contribution < -0.4 is 5.32 Å². The van der Waals surface area contributed by atoms with Gasteiger partial charge in [0.15, 0.2) is 0 Å². The van der Waals surface area contributed by atoms with E-state index in [0.717, 1.165) is 40.2 Å². The van der Waals surface area contributed by atoms with Crippen LogP contribution in [-0.4, -0.2) is 27.4 Å². The molecule has 0 fully saturated rings. The molecule has 0 unspecified atom stereocenters. The van der Waals surface area contributed by atoms with E-state index in [1.54, 1.807) is 18.6 Å². The quantitative estimate of drug-likeness (QED) is 0.780. The van der Waals surface area contributed by atoms with E-state index in [1.165, 1.54) is 0 Å². The van der Waals surface area contributed by atoms with Gasteiger partial charge in [0.1, 0.15) is 0 Å². The molecule has 0 bridgehead atoms. The molecule has 4 rings (SSSR count). The second-order valence-corrected chi connectivity index (χ2v) is 5.67. The summed E-state index contributed by atoms with van der Waals surface area (Å²) in [6, 6.07) is 9.75. The Balaban J connectivity index is 1.63. The van der Waals surface area contributed by atoms with Crippen molar-refractivity contribution in [2.24, 2.45) is 0 Å². The third kappa shape index (κ3) is 2.84. The van der Waals surface area contributed by atoms with Crippen molar-refractivity contribution in [2.75, 3.05) is 6.54 Å². The van der Waals surface area contributed by atoms with Gasteiger partial charge in [0, 0.05) is 48.5 Å². The Bertz CT molecular complexity index is 912. The van der Waals surface area contributed by atoms with Gasteiger partial charge >= 0.3 is 0 Å². The minimum Gasteiger partial charge on any atom is -0.358 e. The Kier molecular flexibility index (Phi) is 3.67. The molecule has 0 saturated heterocycles. The Labute approximate surface area is 139 Å². The third-order valence-electron chi connectivity index (χ3n) is 4.03. The molecule has 1 aliphatic heterocycles. The zero-order valence-corrected chi connectivity index (χ0v) is 13.0. The zero-order chi connectivity index (χ0) is 16.4. The highest BCUT2D eigenvalue weighted by Gasteiger charge is 2.19. The molecule has 0 saturated carbocycles. The van der Waals surface area contributed by atoms with Crippen LogP contribution in [0.25, 0.3) is 23.4 Å². The molecular formula is C19H16N4O. The average Bonchev–Trinajstić information content (AvgIpc) is 3.07. The number of rotatable bonds is 3. The molecule has 2 N–H and O–H groups in total. The van der Waals surface area contributed by atoms with Gasteiger partial charge in [-0.1, -0.05) is 12.1 Å². The number of nitrogens with one attached hydrogen (secondary N) is 2. The van der Waals surface area contributed by atoms with Gasteiger partial charge in [0.2, 0.25) is 0 Å². The maximum absolute atomic E-state index is 11.9. The summed E-state index contributed by atoms with van der Waals surface area (Å²) >= 11 is 0. The van der Waals surface area contributed by atoms with Crippen LogP contribution in [-0.2, 0) is 6.42 Å². The number of aromatic nitrogens is 3. The van der Waals surface area contributed by atoms with Crippen molar-refractivity contribution in [3.8, 4) is 11.3 Å². The van der Waals surface area contributed by atoms with Gasteiger partial charge < -0.3 is 10.3 Å². The third-order valence-corrected chi connectivity index (χ3v) is 4.03. The average molecular weight is 316 g/mol. The molecule has 0 radical (unpaired) electrons. The van der Waals surface area contributed by atoms with Crippen LogP contribution in [0.4, 0.5) is 0 Å². The lowest BCUT2D eigenvalue weighted by atomic mass is 10.1. The molecule has 0 aromatic carbocycles. The van der Waals surface area contributed by atoms with Gasteiger partial charge in [0.25, 0.3) is 5.91 Å². The smallest absolute Gasteiger partial charge is 0.253 e. The molecule has 4 heterocycles. The van der Waals surface area contributed by atoms with Crippen LogP contribution in [0.3, 0.4) is 0 Å². The maximum Gasteiger partial charge on any atom is 0.253 e. The van der Waals surface area contributed by atoms with Gasteiger partial charge in [-0.3, -0.25) is 14.8 Å². The predicted molar refractivity (Wildman–Crippen MR) is 93.2 cm³/mol. The number of hydrogen-bond donors (Lipinski definition) is 2. The van der Waals surface area contributed by atoms with Crippen molar-refractivity contribution < 1.29 is 4.79 Å². The van der Waals surface area contributed by atoms with Crippen molar-refractivity contribution in [3.63, 3.8) is 0 Å². The minimum absolute atomic E-state index is 0.00972. The highest BCUT2D eigenvalue weighted by atomic mass is 16.1. The molecule has 0 aliphatic carbocycles. The molecule has 0 atom stereocenters. The summed E-state index contributed by atoms with van der Waals surface area (Å²) in [4.78, 5) is 23.7. The Hall–Kier alpha value is -3.21. The number of hydrogen-bond acceptors (Lipinski definition) is 3. The SMILES string of the molecule is O=C1NCCc2[nH]c(-c3ccnc(/C=C\c4cccnc4)c3)cc21. The largest absolute Gasteiger partial charge is 0.358 e. The molecule has 3 aromatic rings. The van der Waals surface area contributed by atoms with Crippen LogP contribution in [0.5, 0.6) is 0 Å². The Morgan fingerprint density at radius 2 is 2.08 bits per heavy atom. The highest BCUT2D eigenvalue weighted by Crippen LogP contribution is 2.24. The molecular weight excluding hydrogens is 300 g/mol. The van der Waals surface area contributed by atoms with Crippen molar-refractivity contribution in [3.05, 3.63) is 71.4 Å². The number of fused-ring (bicyclic) bond motifs is 1. The van der Waals surface area contributed by atoms with E-state index in [2.05, 4.69) is 20.3 Å². The van der Waals surface area contributed by atoms with E-state index < -0.39 is 0 Å². The van der Waals surface area contributed by atoms with E-state index in [1.807, 2.05) is 42.5 Å². The predicted octanol–water partition coefficient (Wildman–Crippen LogP) is 2.93. The monoisotopic (exact) mass is 316 g/mol. The fourth-order valence-electron chi connectivity index (χ4n) is 2.81. The fraction of sp³-hybridized carbons (Fsp3) is 0.105. The lowest BCUT2D eigenvalue weighted by Gasteiger charge is -2.10. The molecule has 5 heteroatoms. The number of aromatic amines is 1. The van der Waals surface area contributed by atoms with Gasteiger partial charge in [-0.2, -0.15) is 0 Å². The Morgan fingerprint density at radius 3 is 2.92 bits per heavy atom. The summed E-state index contributed by atoms with van der Waals surface area (Å²) in [6.45, 7) is 0.682. The molecule has 24 heavy (non-hydrogen) atoms. The normalized spacial score (nSPS) is 13.8. The number of carbonyl (C=O) groups excluding carboxylic acids is 1.